The van der Waals surface area contributed by atoms with Crippen LogP contribution in [0.5, 0.6) is 0 Å². The highest BCUT2D eigenvalue weighted by molar-refractivity contribution is 7.12. The first kappa shape index (κ1) is 11.1. The Morgan fingerprint density at radius 1 is 1.50 bits per heavy atom. The van der Waals surface area contributed by atoms with E-state index in [4.69, 9.17) is 10.2 Å². The molecule has 2 rings (SSSR count). The SMILES string of the molecule is Cc1ccc(C(C)Nc2nnc(CN)o2)s1. The molecule has 2 aromatic heterocycles. The van der Waals surface area contributed by atoms with Gasteiger partial charge in [-0.2, -0.15) is 0 Å². The van der Waals surface area contributed by atoms with Crippen LogP contribution in [0.4, 0.5) is 6.01 Å². The summed E-state index contributed by atoms with van der Waals surface area (Å²) in [7, 11) is 0. The summed E-state index contributed by atoms with van der Waals surface area (Å²) in [5.41, 5.74) is 5.39. The number of anilines is 1. The Kier molecular flexibility index (Phi) is 3.21. The number of nitrogens with one attached hydrogen (secondary N) is 1. The lowest BCUT2D eigenvalue weighted by atomic mass is 10.3. The summed E-state index contributed by atoms with van der Waals surface area (Å²) in [6, 6.07) is 4.76. The lowest BCUT2D eigenvalue weighted by molar-refractivity contribution is 0.503. The van der Waals surface area contributed by atoms with Crippen molar-refractivity contribution in [2.75, 3.05) is 5.32 Å². The monoisotopic (exact) mass is 238 g/mol. The number of nitrogens with zero attached hydrogens (tertiary/aromatic N) is 2. The van der Waals surface area contributed by atoms with Gasteiger partial charge in [-0.15, -0.1) is 16.4 Å². The Morgan fingerprint density at radius 3 is 2.88 bits per heavy atom. The molecule has 0 aliphatic carbocycles. The second-order valence-corrected chi connectivity index (χ2v) is 4.84. The van der Waals surface area contributed by atoms with E-state index in [0.717, 1.165) is 0 Å². The van der Waals surface area contributed by atoms with Gasteiger partial charge in [0.15, 0.2) is 0 Å². The highest BCUT2D eigenvalue weighted by Crippen LogP contribution is 2.25. The maximum absolute atomic E-state index is 5.39. The summed E-state index contributed by atoms with van der Waals surface area (Å²) in [6.07, 6.45) is 0. The van der Waals surface area contributed by atoms with Crippen LogP contribution in [0.25, 0.3) is 0 Å². The van der Waals surface area contributed by atoms with Crippen LogP contribution in [-0.4, -0.2) is 10.2 Å². The van der Waals surface area contributed by atoms with Gasteiger partial charge in [0.1, 0.15) is 0 Å². The van der Waals surface area contributed by atoms with Crippen LogP contribution in [0.15, 0.2) is 16.5 Å². The van der Waals surface area contributed by atoms with Crippen molar-refractivity contribution < 1.29 is 4.42 Å². The van der Waals surface area contributed by atoms with Crippen molar-refractivity contribution in [2.45, 2.75) is 26.4 Å². The summed E-state index contributed by atoms with van der Waals surface area (Å²) in [4.78, 5) is 2.53. The molecular formula is C10H14N4OS. The van der Waals surface area contributed by atoms with E-state index in [1.54, 1.807) is 11.3 Å². The van der Waals surface area contributed by atoms with Crippen LogP contribution in [0, 0.1) is 6.92 Å². The summed E-state index contributed by atoms with van der Waals surface area (Å²) < 4.78 is 5.28. The molecule has 0 amide bonds. The van der Waals surface area contributed by atoms with Crippen molar-refractivity contribution >= 4 is 17.4 Å². The Hall–Kier alpha value is -1.40. The van der Waals surface area contributed by atoms with E-state index in [1.807, 2.05) is 0 Å². The average Bonchev–Trinajstić information content (AvgIpc) is 2.87. The first-order valence-electron chi connectivity index (χ1n) is 5.04. The molecule has 0 bridgehead atoms. The van der Waals surface area contributed by atoms with Gasteiger partial charge in [0.05, 0.1) is 12.6 Å². The molecule has 5 nitrogen and oxygen atoms in total. The van der Waals surface area contributed by atoms with E-state index in [0.29, 0.717) is 11.9 Å². The van der Waals surface area contributed by atoms with Gasteiger partial charge < -0.3 is 15.5 Å². The van der Waals surface area contributed by atoms with Crippen molar-refractivity contribution in [3.8, 4) is 0 Å². The predicted octanol–water partition coefficient (Wildman–Crippen LogP) is 2.07. The number of aryl methyl sites for hydroxylation is 1. The summed E-state index contributed by atoms with van der Waals surface area (Å²) in [5.74, 6) is 0.442. The summed E-state index contributed by atoms with van der Waals surface area (Å²) in [5, 5.41) is 10.8. The van der Waals surface area contributed by atoms with Gasteiger partial charge in [-0.3, -0.25) is 0 Å². The molecular weight excluding hydrogens is 224 g/mol. The highest BCUT2D eigenvalue weighted by Gasteiger charge is 2.11. The largest absolute Gasteiger partial charge is 0.407 e. The summed E-state index contributed by atoms with van der Waals surface area (Å²) >= 11 is 1.75. The number of hydrogen-bond acceptors (Lipinski definition) is 6. The second-order valence-electron chi connectivity index (χ2n) is 3.52. The molecule has 0 aliphatic rings. The van der Waals surface area contributed by atoms with Gasteiger partial charge in [-0.25, -0.2) is 0 Å². The molecule has 0 aliphatic heterocycles. The van der Waals surface area contributed by atoms with Crippen molar-refractivity contribution in [3.05, 3.63) is 27.8 Å². The third-order valence-electron chi connectivity index (χ3n) is 2.17. The Labute approximate surface area is 97.7 Å². The van der Waals surface area contributed by atoms with Gasteiger partial charge in [-0.05, 0) is 26.0 Å². The third kappa shape index (κ3) is 2.40. The molecule has 86 valence electrons. The zero-order valence-electron chi connectivity index (χ0n) is 9.23. The topological polar surface area (TPSA) is 77.0 Å². The van der Waals surface area contributed by atoms with Gasteiger partial charge in [0, 0.05) is 9.75 Å². The van der Waals surface area contributed by atoms with Crippen molar-refractivity contribution in [3.63, 3.8) is 0 Å². The molecule has 2 heterocycles. The molecule has 0 radical (unpaired) electrons. The van der Waals surface area contributed by atoms with Crippen LogP contribution in [-0.2, 0) is 6.54 Å². The summed E-state index contributed by atoms with van der Waals surface area (Å²) in [6.45, 7) is 4.40. The van der Waals surface area contributed by atoms with Crippen molar-refractivity contribution in [1.82, 2.24) is 10.2 Å². The van der Waals surface area contributed by atoms with Crippen molar-refractivity contribution in [1.29, 1.82) is 0 Å². The van der Waals surface area contributed by atoms with Crippen LogP contribution >= 0.6 is 11.3 Å². The zero-order chi connectivity index (χ0) is 11.5. The number of hydrogen-bond donors (Lipinski definition) is 2. The number of thiophene rings is 1. The van der Waals surface area contributed by atoms with E-state index in [-0.39, 0.29) is 12.6 Å². The smallest absolute Gasteiger partial charge is 0.316 e. The first-order valence-corrected chi connectivity index (χ1v) is 5.86. The fraction of sp³-hybridized carbons (Fsp3) is 0.400. The van der Waals surface area contributed by atoms with Gasteiger partial charge in [-0.1, -0.05) is 5.10 Å². The minimum Gasteiger partial charge on any atom is -0.407 e. The van der Waals surface area contributed by atoms with Crippen molar-refractivity contribution in [2.24, 2.45) is 5.73 Å². The van der Waals surface area contributed by atoms with Crippen LogP contribution < -0.4 is 11.1 Å². The van der Waals surface area contributed by atoms with Gasteiger partial charge in [0.2, 0.25) is 5.89 Å². The van der Waals surface area contributed by atoms with E-state index < -0.39 is 0 Å². The maximum atomic E-state index is 5.39. The van der Waals surface area contributed by atoms with Crippen LogP contribution in [0.1, 0.15) is 28.6 Å². The molecule has 0 saturated heterocycles. The minimum atomic E-state index is 0.157. The van der Waals surface area contributed by atoms with Crippen LogP contribution in [0.3, 0.4) is 0 Å². The van der Waals surface area contributed by atoms with Gasteiger partial charge >= 0.3 is 6.01 Å². The second kappa shape index (κ2) is 4.63. The molecule has 0 spiro atoms. The highest BCUT2D eigenvalue weighted by atomic mass is 32.1. The third-order valence-corrected chi connectivity index (χ3v) is 3.35. The molecule has 0 aromatic carbocycles. The van der Waals surface area contributed by atoms with E-state index in [2.05, 4.69) is 41.5 Å². The Balaban J connectivity index is 2.04. The lowest BCUT2D eigenvalue weighted by Gasteiger charge is -2.08. The average molecular weight is 238 g/mol. The fourth-order valence-corrected chi connectivity index (χ4v) is 2.22. The Bertz CT molecular complexity index is 465. The number of rotatable bonds is 4. The molecule has 1 atom stereocenters. The van der Waals surface area contributed by atoms with E-state index in [1.165, 1.54) is 9.75 Å². The molecule has 1 unspecified atom stereocenters. The van der Waals surface area contributed by atoms with Crippen LogP contribution in [0.2, 0.25) is 0 Å². The van der Waals surface area contributed by atoms with E-state index in [9.17, 15) is 0 Å². The molecule has 0 saturated carbocycles. The molecule has 0 fully saturated rings. The van der Waals surface area contributed by atoms with E-state index >= 15 is 0 Å². The quantitative estimate of drug-likeness (QED) is 0.852. The minimum absolute atomic E-state index is 0.157. The fourth-order valence-electron chi connectivity index (χ4n) is 1.34. The maximum Gasteiger partial charge on any atom is 0.316 e. The normalized spacial score (nSPS) is 12.7. The number of aromatic nitrogens is 2. The first-order chi connectivity index (χ1) is 7.69. The number of nitrogens with two attached hydrogens (primary N) is 1. The lowest BCUT2D eigenvalue weighted by Crippen LogP contribution is -2.04. The standard InChI is InChI=1S/C10H14N4OS/c1-6-3-4-8(16-6)7(2)12-10-14-13-9(5-11)15-10/h3-4,7H,5,11H2,1-2H3,(H,12,14). The molecule has 6 heteroatoms. The van der Waals surface area contributed by atoms with Gasteiger partial charge in [0.25, 0.3) is 0 Å². The predicted molar refractivity (Wildman–Crippen MR) is 63.3 cm³/mol. The Morgan fingerprint density at radius 2 is 2.31 bits per heavy atom. The molecule has 3 N–H and O–H groups in total. The molecule has 16 heavy (non-hydrogen) atoms. The molecule has 2 aromatic rings. The zero-order valence-corrected chi connectivity index (χ0v) is 10.0.